The van der Waals surface area contributed by atoms with Crippen molar-refractivity contribution >= 4 is 38.7 Å². The second-order valence-electron chi connectivity index (χ2n) is 6.76. The molecule has 2 aromatic heterocycles. The molecule has 2 aromatic rings. The minimum absolute atomic E-state index is 0.114. The molecule has 0 unspecified atom stereocenters. The van der Waals surface area contributed by atoms with Crippen LogP contribution in [0.1, 0.15) is 32.6 Å². The van der Waals surface area contributed by atoms with Crippen LogP contribution >= 0.6 is 0 Å². The first-order chi connectivity index (χ1) is 13.9. The number of carbonyl (C=O) groups is 2. The maximum absolute atomic E-state index is 12.2. The van der Waals surface area contributed by atoms with Crippen molar-refractivity contribution in [1.82, 2.24) is 29.4 Å². The van der Waals surface area contributed by atoms with Crippen LogP contribution in [0.25, 0.3) is 11.0 Å². The molecule has 0 radical (unpaired) electrons. The van der Waals surface area contributed by atoms with Gasteiger partial charge in [0.25, 0.3) is 0 Å². The molecule has 158 valence electrons. The predicted molar refractivity (Wildman–Crippen MR) is 106 cm³/mol. The van der Waals surface area contributed by atoms with Crippen LogP contribution in [0.4, 0.5) is 5.82 Å². The number of nitrogens with zero attached hydrogens (tertiary/aromatic N) is 5. The number of likely N-dealkylation sites (tertiary alicyclic amines) is 1. The smallest absolute Gasteiger partial charge is 0.229 e. The van der Waals surface area contributed by atoms with E-state index in [1.54, 1.807) is 10.9 Å². The van der Waals surface area contributed by atoms with Crippen LogP contribution < -0.4 is 10.0 Å². The van der Waals surface area contributed by atoms with Crippen molar-refractivity contribution in [2.45, 2.75) is 39.2 Å². The van der Waals surface area contributed by atoms with E-state index in [0.717, 1.165) is 23.3 Å². The zero-order valence-corrected chi connectivity index (χ0v) is 17.1. The SMILES string of the molecule is CCCNc1ncnc2c1cnn2CCNS(=O)(=O)CCN1C(=O)CCCC1=O. The molecule has 0 bridgehead atoms. The zero-order chi connectivity index (χ0) is 20.9. The maximum Gasteiger partial charge on any atom is 0.229 e. The number of hydrogen-bond acceptors (Lipinski definition) is 8. The van der Waals surface area contributed by atoms with E-state index in [-0.39, 0.29) is 50.0 Å². The summed E-state index contributed by atoms with van der Waals surface area (Å²) in [5.41, 5.74) is 0.613. The van der Waals surface area contributed by atoms with Gasteiger partial charge in [0.1, 0.15) is 12.1 Å². The molecule has 1 aliphatic heterocycles. The van der Waals surface area contributed by atoms with Gasteiger partial charge in [-0.25, -0.2) is 27.8 Å². The van der Waals surface area contributed by atoms with Crippen LogP contribution in [0.5, 0.6) is 0 Å². The van der Waals surface area contributed by atoms with Crippen LogP contribution in [0, 0.1) is 0 Å². The molecule has 1 fully saturated rings. The van der Waals surface area contributed by atoms with Gasteiger partial charge in [-0.1, -0.05) is 6.92 Å². The molecule has 2 N–H and O–H groups in total. The summed E-state index contributed by atoms with van der Waals surface area (Å²) in [5, 5.41) is 8.24. The van der Waals surface area contributed by atoms with Gasteiger partial charge in [-0.05, 0) is 12.8 Å². The summed E-state index contributed by atoms with van der Waals surface area (Å²) in [4.78, 5) is 33.0. The van der Waals surface area contributed by atoms with Crippen LogP contribution in [-0.2, 0) is 26.2 Å². The van der Waals surface area contributed by atoms with Crippen LogP contribution in [-0.4, -0.2) is 70.3 Å². The number of anilines is 1. The van der Waals surface area contributed by atoms with Crippen LogP contribution in [0.2, 0.25) is 0 Å². The molecule has 0 aromatic carbocycles. The maximum atomic E-state index is 12.2. The van der Waals surface area contributed by atoms with Crippen molar-refractivity contribution in [1.29, 1.82) is 0 Å². The Morgan fingerprint density at radius 1 is 1.10 bits per heavy atom. The molecule has 2 amide bonds. The van der Waals surface area contributed by atoms with E-state index in [4.69, 9.17) is 0 Å². The lowest BCUT2D eigenvalue weighted by atomic mass is 10.1. The number of carbonyl (C=O) groups excluding carboxylic acids is 2. The van der Waals surface area contributed by atoms with Gasteiger partial charge in [0.05, 0.1) is 23.9 Å². The fourth-order valence-electron chi connectivity index (χ4n) is 3.08. The van der Waals surface area contributed by atoms with E-state index in [0.29, 0.717) is 17.9 Å². The largest absolute Gasteiger partial charge is 0.369 e. The molecule has 0 atom stereocenters. The molecule has 12 heteroatoms. The van der Waals surface area contributed by atoms with E-state index in [9.17, 15) is 18.0 Å². The molecule has 1 saturated heterocycles. The molecule has 1 aliphatic rings. The highest BCUT2D eigenvalue weighted by atomic mass is 32.2. The average molecular weight is 423 g/mol. The van der Waals surface area contributed by atoms with Gasteiger partial charge >= 0.3 is 0 Å². The Morgan fingerprint density at radius 2 is 1.86 bits per heavy atom. The summed E-state index contributed by atoms with van der Waals surface area (Å²) in [6.07, 6.45) is 5.13. The second-order valence-corrected chi connectivity index (χ2v) is 8.69. The highest BCUT2D eigenvalue weighted by Crippen LogP contribution is 2.18. The van der Waals surface area contributed by atoms with Gasteiger partial charge in [-0.2, -0.15) is 5.10 Å². The van der Waals surface area contributed by atoms with Crippen molar-refractivity contribution in [3.63, 3.8) is 0 Å². The Balaban J connectivity index is 1.55. The second kappa shape index (κ2) is 9.27. The topological polar surface area (TPSA) is 139 Å². The monoisotopic (exact) mass is 423 g/mol. The third-order valence-corrected chi connectivity index (χ3v) is 5.95. The lowest BCUT2D eigenvalue weighted by Gasteiger charge is -2.24. The average Bonchev–Trinajstić information content (AvgIpc) is 3.09. The van der Waals surface area contributed by atoms with Crippen molar-refractivity contribution in [2.75, 3.05) is 30.7 Å². The van der Waals surface area contributed by atoms with Crippen LogP contribution in [0.3, 0.4) is 0 Å². The molecule has 0 saturated carbocycles. The molecule has 0 spiro atoms. The molecule has 0 aliphatic carbocycles. The van der Waals surface area contributed by atoms with Gasteiger partial charge in [0.2, 0.25) is 21.8 Å². The van der Waals surface area contributed by atoms with Crippen molar-refractivity contribution < 1.29 is 18.0 Å². The Hall–Kier alpha value is -2.60. The summed E-state index contributed by atoms with van der Waals surface area (Å²) < 4.78 is 28.5. The number of imide groups is 1. The van der Waals surface area contributed by atoms with Crippen molar-refractivity contribution in [3.05, 3.63) is 12.5 Å². The molecule has 3 rings (SSSR count). The quantitative estimate of drug-likeness (QED) is 0.513. The molecule has 11 nitrogen and oxygen atoms in total. The van der Waals surface area contributed by atoms with E-state index >= 15 is 0 Å². The normalized spacial score (nSPS) is 15.3. The number of amides is 2. The Bertz CT molecular complexity index is 973. The first-order valence-corrected chi connectivity index (χ1v) is 11.3. The first-order valence-electron chi connectivity index (χ1n) is 9.62. The minimum Gasteiger partial charge on any atom is -0.369 e. The fourth-order valence-corrected chi connectivity index (χ4v) is 4.05. The van der Waals surface area contributed by atoms with Crippen molar-refractivity contribution in [3.8, 4) is 0 Å². The Morgan fingerprint density at radius 3 is 2.59 bits per heavy atom. The summed E-state index contributed by atoms with van der Waals surface area (Å²) in [6.45, 7) is 3.10. The number of rotatable bonds is 10. The summed E-state index contributed by atoms with van der Waals surface area (Å²) in [6, 6.07) is 0. The number of fused-ring (bicyclic) bond motifs is 1. The molecule has 3 heterocycles. The number of piperidine rings is 1. The molecular formula is C17H25N7O4S. The summed E-state index contributed by atoms with van der Waals surface area (Å²) in [7, 11) is -3.64. The first kappa shape index (κ1) is 21.1. The van der Waals surface area contributed by atoms with Gasteiger partial charge < -0.3 is 5.32 Å². The predicted octanol–water partition coefficient (Wildman–Crippen LogP) is 0.107. The third-order valence-electron chi connectivity index (χ3n) is 4.59. The lowest BCUT2D eigenvalue weighted by molar-refractivity contribution is -0.147. The minimum atomic E-state index is -3.64. The lowest BCUT2D eigenvalue weighted by Crippen LogP contribution is -2.44. The summed E-state index contributed by atoms with van der Waals surface area (Å²) in [5.74, 6) is -0.254. The number of hydrogen-bond donors (Lipinski definition) is 2. The molecule has 29 heavy (non-hydrogen) atoms. The van der Waals surface area contributed by atoms with Crippen LogP contribution in [0.15, 0.2) is 12.5 Å². The van der Waals surface area contributed by atoms with Gasteiger partial charge in [0, 0.05) is 32.5 Å². The fraction of sp³-hybridized carbons (Fsp3) is 0.588. The molecular weight excluding hydrogens is 398 g/mol. The standard InChI is InChI=1S/C17H25N7O4S/c1-2-6-18-16-13-11-21-24(17(13)20-12-19-16)8-7-22-29(27,28)10-9-23-14(25)4-3-5-15(23)26/h11-12,22H,2-10H2,1H3,(H,18,19,20). The van der Waals surface area contributed by atoms with E-state index < -0.39 is 10.0 Å². The van der Waals surface area contributed by atoms with E-state index in [2.05, 4.69) is 32.0 Å². The summed E-state index contributed by atoms with van der Waals surface area (Å²) >= 11 is 0. The Labute approximate surface area is 168 Å². The number of aromatic nitrogens is 4. The van der Waals surface area contributed by atoms with E-state index in [1.807, 2.05) is 0 Å². The third kappa shape index (κ3) is 5.26. The van der Waals surface area contributed by atoms with Gasteiger partial charge in [-0.15, -0.1) is 0 Å². The number of nitrogens with one attached hydrogen (secondary N) is 2. The van der Waals surface area contributed by atoms with E-state index in [1.165, 1.54) is 6.33 Å². The number of sulfonamides is 1. The van der Waals surface area contributed by atoms with Gasteiger partial charge in [0.15, 0.2) is 5.65 Å². The Kier molecular flexibility index (Phi) is 6.75. The van der Waals surface area contributed by atoms with Gasteiger partial charge in [-0.3, -0.25) is 14.5 Å². The zero-order valence-electron chi connectivity index (χ0n) is 16.3. The highest BCUT2D eigenvalue weighted by Gasteiger charge is 2.27. The highest BCUT2D eigenvalue weighted by molar-refractivity contribution is 7.89. The van der Waals surface area contributed by atoms with Crippen molar-refractivity contribution in [2.24, 2.45) is 0 Å².